The van der Waals surface area contributed by atoms with Crippen molar-refractivity contribution in [3.8, 4) is 40.2 Å². The molecule has 5 unspecified atom stereocenters. The number of aliphatic hydroxyl groups is 3. The van der Waals surface area contributed by atoms with Gasteiger partial charge < -0.3 is 60.2 Å². The molecule has 0 aliphatic carbocycles. The molecule has 3 aromatic carbocycles. The van der Waals surface area contributed by atoms with E-state index in [-0.39, 0.29) is 22.8 Å². The third-order valence-corrected chi connectivity index (χ3v) is 6.02. The first-order valence-corrected chi connectivity index (χ1v) is 11.8. The summed E-state index contributed by atoms with van der Waals surface area (Å²) in [5.41, 5.74) is -0.0169. The highest BCUT2D eigenvalue weighted by Gasteiger charge is 2.48. The van der Waals surface area contributed by atoms with Gasteiger partial charge in [-0.3, -0.25) is 0 Å². The Bertz CT molecular complexity index is 1380. The first kappa shape index (κ1) is 28.3. The molecule has 4 rings (SSSR count). The molecule has 1 heterocycles. The molecule has 0 saturated carbocycles. The highest BCUT2D eigenvalue weighted by molar-refractivity contribution is 5.95. The fourth-order valence-electron chi connectivity index (χ4n) is 4.04. The predicted octanol–water partition coefficient (Wildman–Crippen LogP) is 1.13. The van der Waals surface area contributed by atoms with E-state index in [2.05, 4.69) is 0 Å². The molecular weight excluding hydrogens is 532 g/mol. The maximum absolute atomic E-state index is 12.7. The zero-order valence-corrected chi connectivity index (χ0v) is 20.5. The van der Waals surface area contributed by atoms with Crippen molar-refractivity contribution in [2.24, 2.45) is 0 Å². The van der Waals surface area contributed by atoms with Crippen LogP contribution in [0.25, 0.3) is 12.2 Å². The van der Waals surface area contributed by atoms with Crippen LogP contribution in [0.4, 0.5) is 0 Å². The van der Waals surface area contributed by atoms with E-state index < -0.39 is 71.8 Å². The van der Waals surface area contributed by atoms with Gasteiger partial charge in [0.05, 0.1) is 6.61 Å². The summed E-state index contributed by atoms with van der Waals surface area (Å²) < 4.78 is 16.3. The Hall–Kier alpha value is -4.69. The van der Waals surface area contributed by atoms with E-state index in [0.29, 0.717) is 5.56 Å². The second-order valence-corrected chi connectivity index (χ2v) is 8.86. The third-order valence-electron chi connectivity index (χ3n) is 6.02. The smallest absolute Gasteiger partial charge is 0.346 e. The Morgan fingerprint density at radius 1 is 0.800 bits per heavy atom. The van der Waals surface area contributed by atoms with Gasteiger partial charge in [-0.25, -0.2) is 4.79 Å². The molecular formula is C27H26O13. The van der Waals surface area contributed by atoms with E-state index in [9.17, 15) is 50.8 Å². The minimum absolute atomic E-state index is 0.0475. The molecule has 9 N–H and O–H groups in total. The highest BCUT2D eigenvalue weighted by Crippen LogP contribution is 2.39. The topological polar surface area (TPSA) is 227 Å². The van der Waals surface area contributed by atoms with Gasteiger partial charge in [-0.1, -0.05) is 24.3 Å². The summed E-state index contributed by atoms with van der Waals surface area (Å²) in [7, 11) is 0. The fourth-order valence-corrected chi connectivity index (χ4v) is 4.04. The number of benzene rings is 3. The van der Waals surface area contributed by atoms with Crippen molar-refractivity contribution in [2.75, 3.05) is 6.61 Å². The number of ether oxygens (including phenoxy) is 3. The lowest BCUT2D eigenvalue weighted by Gasteiger charge is -2.41. The molecule has 13 nitrogen and oxygen atoms in total. The molecule has 1 aliphatic rings. The number of rotatable bonds is 7. The van der Waals surface area contributed by atoms with Crippen LogP contribution in [0.5, 0.6) is 40.2 Å². The number of carbonyl (C=O) groups is 1. The van der Waals surface area contributed by atoms with Crippen molar-refractivity contribution in [2.45, 2.75) is 30.7 Å². The van der Waals surface area contributed by atoms with Crippen molar-refractivity contribution < 1.29 is 65.0 Å². The standard InChI is InChI=1S/C27H26O13/c28-11-20-22(35)25(39-26(37)21-17(32)8-16(31)9-18(21)33)23(36)27(38-20)40-24-13(7-15(30)10-19(24)34)4-1-12-2-5-14(29)6-3-12/h1-10,20,22-23,25,27-36H,11H2. The van der Waals surface area contributed by atoms with E-state index in [1.54, 1.807) is 18.2 Å². The molecule has 0 spiro atoms. The Balaban J connectivity index is 1.62. The van der Waals surface area contributed by atoms with Crippen LogP contribution in [0.1, 0.15) is 21.5 Å². The van der Waals surface area contributed by atoms with Gasteiger partial charge >= 0.3 is 5.97 Å². The SMILES string of the molecule is O=C(OC1C(O)C(CO)OC(Oc2c(O)cc(O)cc2C=Cc2ccc(O)cc2)C1O)c1c(O)cc(O)cc1O. The lowest BCUT2D eigenvalue weighted by Crippen LogP contribution is -2.61. The number of esters is 1. The monoisotopic (exact) mass is 558 g/mol. The molecule has 1 fully saturated rings. The largest absolute Gasteiger partial charge is 0.508 e. The van der Waals surface area contributed by atoms with Crippen LogP contribution in [0.2, 0.25) is 0 Å². The van der Waals surface area contributed by atoms with Crippen molar-refractivity contribution in [1.29, 1.82) is 0 Å². The van der Waals surface area contributed by atoms with E-state index in [0.717, 1.165) is 18.2 Å². The van der Waals surface area contributed by atoms with Gasteiger partial charge in [-0.05, 0) is 23.8 Å². The summed E-state index contributed by atoms with van der Waals surface area (Å²) in [6, 6.07) is 9.79. The van der Waals surface area contributed by atoms with Crippen molar-refractivity contribution in [1.82, 2.24) is 0 Å². The average molecular weight is 558 g/mol. The van der Waals surface area contributed by atoms with Crippen LogP contribution in [-0.2, 0) is 9.47 Å². The van der Waals surface area contributed by atoms with E-state index in [4.69, 9.17) is 14.2 Å². The van der Waals surface area contributed by atoms with Gasteiger partial charge in [-0.2, -0.15) is 0 Å². The molecule has 1 aliphatic heterocycles. The Morgan fingerprint density at radius 3 is 2.02 bits per heavy atom. The molecule has 1 saturated heterocycles. The predicted molar refractivity (Wildman–Crippen MR) is 136 cm³/mol. The molecule has 40 heavy (non-hydrogen) atoms. The lowest BCUT2D eigenvalue weighted by atomic mass is 9.98. The number of carbonyl (C=O) groups excluding carboxylic acids is 1. The molecule has 0 radical (unpaired) electrons. The third kappa shape index (κ3) is 5.97. The normalized spacial score (nSPS) is 22.7. The maximum atomic E-state index is 12.7. The van der Waals surface area contributed by atoms with Crippen LogP contribution in [0.15, 0.2) is 48.5 Å². The Morgan fingerprint density at radius 2 is 1.40 bits per heavy atom. The maximum Gasteiger partial charge on any atom is 0.346 e. The molecule has 0 amide bonds. The number of aliphatic hydroxyl groups excluding tert-OH is 3. The fraction of sp³-hybridized carbons (Fsp3) is 0.222. The van der Waals surface area contributed by atoms with Gasteiger partial charge in [0, 0.05) is 23.8 Å². The zero-order chi connectivity index (χ0) is 29.1. The van der Waals surface area contributed by atoms with E-state index in [1.165, 1.54) is 24.3 Å². The minimum atomic E-state index is -1.94. The molecule has 5 atom stereocenters. The van der Waals surface area contributed by atoms with Crippen LogP contribution < -0.4 is 4.74 Å². The number of hydrogen-bond donors (Lipinski definition) is 9. The summed E-state index contributed by atoms with van der Waals surface area (Å²) in [6.07, 6.45) is -5.76. The Kier molecular flexibility index (Phi) is 8.21. The van der Waals surface area contributed by atoms with Gasteiger partial charge in [-0.15, -0.1) is 0 Å². The summed E-state index contributed by atoms with van der Waals surface area (Å²) >= 11 is 0. The molecule has 0 bridgehead atoms. The summed E-state index contributed by atoms with van der Waals surface area (Å²) in [6.45, 7) is -0.813. The lowest BCUT2D eigenvalue weighted by molar-refractivity contribution is -0.277. The second kappa shape index (κ2) is 11.6. The molecule has 13 heteroatoms. The van der Waals surface area contributed by atoms with Gasteiger partial charge in [0.1, 0.15) is 46.5 Å². The molecule has 3 aromatic rings. The quantitative estimate of drug-likeness (QED) is 0.147. The van der Waals surface area contributed by atoms with Crippen LogP contribution in [0, 0.1) is 0 Å². The van der Waals surface area contributed by atoms with Crippen LogP contribution >= 0.6 is 0 Å². The second-order valence-electron chi connectivity index (χ2n) is 8.86. The van der Waals surface area contributed by atoms with Gasteiger partial charge in [0.15, 0.2) is 23.7 Å². The summed E-state index contributed by atoms with van der Waals surface area (Å²) in [5, 5.41) is 90.6. The Labute approximate surface area is 226 Å². The van der Waals surface area contributed by atoms with Crippen molar-refractivity contribution in [3.05, 3.63) is 65.2 Å². The number of phenolic OH excluding ortho intramolecular Hbond substituents is 6. The number of hydrogen-bond acceptors (Lipinski definition) is 13. The zero-order valence-electron chi connectivity index (χ0n) is 20.5. The van der Waals surface area contributed by atoms with Crippen molar-refractivity contribution in [3.63, 3.8) is 0 Å². The van der Waals surface area contributed by atoms with Gasteiger partial charge in [0.25, 0.3) is 0 Å². The van der Waals surface area contributed by atoms with Crippen molar-refractivity contribution >= 4 is 18.1 Å². The van der Waals surface area contributed by atoms with E-state index in [1.807, 2.05) is 0 Å². The molecule has 0 aromatic heterocycles. The number of phenols is 6. The van der Waals surface area contributed by atoms with Gasteiger partial charge in [0.2, 0.25) is 6.29 Å². The van der Waals surface area contributed by atoms with E-state index >= 15 is 0 Å². The minimum Gasteiger partial charge on any atom is -0.508 e. The summed E-state index contributed by atoms with van der Waals surface area (Å²) in [5.74, 6) is -4.76. The number of aromatic hydroxyl groups is 6. The summed E-state index contributed by atoms with van der Waals surface area (Å²) in [4.78, 5) is 12.7. The highest BCUT2D eigenvalue weighted by atomic mass is 16.7. The average Bonchev–Trinajstić information content (AvgIpc) is 2.88. The molecule has 212 valence electrons. The first-order chi connectivity index (χ1) is 19.0. The first-order valence-electron chi connectivity index (χ1n) is 11.8. The van der Waals surface area contributed by atoms with Crippen LogP contribution in [-0.4, -0.2) is 89.2 Å². The van der Waals surface area contributed by atoms with Crippen LogP contribution in [0.3, 0.4) is 0 Å².